The van der Waals surface area contributed by atoms with Gasteiger partial charge in [0.2, 0.25) is 0 Å². The molecule has 0 atom stereocenters. The first-order valence-corrected chi connectivity index (χ1v) is 4.76. The highest BCUT2D eigenvalue weighted by molar-refractivity contribution is 6.31. The van der Waals surface area contributed by atoms with Crippen LogP contribution < -0.4 is 5.59 Å². The molecule has 0 aromatic carbocycles. The highest BCUT2D eigenvalue weighted by atomic mass is 16.6. The van der Waals surface area contributed by atoms with Crippen LogP contribution in [0.3, 0.4) is 0 Å². The molecule has 0 aliphatic heterocycles. The van der Waals surface area contributed by atoms with Gasteiger partial charge in [-0.05, 0) is 18.1 Å². The predicted octanol–water partition coefficient (Wildman–Crippen LogP) is 0.0633. The van der Waals surface area contributed by atoms with Crippen molar-refractivity contribution in [3.63, 3.8) is 0 Å². The zero-order valence-corrected chi connectivity index (χ0v) is 8.60. The second kappa shape index (κ2) is 3.38. The fourth-order valence-corrected chi connectivity index (χ4v) is 1.67. The third kappa shape index (κ3) is 1.38. The Morgan fingerprint density at radius 2 is 2.33 bits per heavy atom. The molecule has 0 spiro atoms. The van der Waals surface area contributed by atoms with Gasteiger partial charge in [0.05, 0.1) is 4.92 Å². The number of nitrogens with zero attached hydrogens (tertiary/aromatic N) is 3. The Morgan fingerprint density at radius 1 is 1.60 bits per heavy atom. The van der Waals surface area contributed by atoms with E-state index in [9.17, 15) is 10.1 Å². The highest BCUT2D eigenvalue weighted by Crippen LogP contribution is 2.23. The van der Waals surface area contributed by atoms with Gasteiger partial charge in [0.15, 0.2) is 7.85 Å². The zero-order valence-electron chi connectivity index (χ0n) is 8.60. The van der Waals surface area contributed by atoms with Gasteiger partial charge >= 0.3 is 5.69 Å². The summed E-state index contributed by atoms with van der Waals surface area (Å²) in [5, 5.41) is 15.1. The molecule has 0 radical (unpaired) electrons. The topological polar surface area (TPSA) is 60.4 Å². The lowest BCUT2D eigenvalue weighted by Crippen LogP contribution is -2.14. The molecule has 0 aliphatic rings. The first-order valence-electron chi connectivity index (χ1n) is 4.76. The van der Waals surface area contributed by atoms with E-state index in [2.05, 4.69) is 5.10 Å². The number of aromatic nitrogens is 2. The van der Waals surface area contributed by atoms with E-state index < -0.39 is 0 Å². The summed E-state index contributed by atoms with van der Waals surface area (Å²) in [5.74, 6) is 0. The van der Waals surface area contributed by atoms with Gasteiger partial charge in [0, 0.05) is 0 Å². The number of fused-ring (bicyclic) bond motifs is 1. The van der Waals surface area contributed by atoms with Gasteiger partial charge in [0.25, 0.3) is 0 Å². The summed E-state index contributed by atoms with van der Waals surface area (Å²) in [6.07, 6.45) is 0.567. The first kappa shape index (κ1) is 9.70. The van der Waals surface area contributed by atoms with E-state index in [1.165, 1.54) is 0 Å². The van der Waals surface area contributed by atoms with Crippen molar-refractivity contribution in [1.82, 2.24) is 9.61 Å². The lowest BCUT2D eigenvalue weighted by atomic mass is 10.0. The van der Waals surface area contributed by atoms with Crippen molar-refractivity contribution in [3.05, 3.63) is 34.0 Å². The molecule has 2 heterocycles. The van der Waals surface area contributed by atoms with Crippen LogP contribution in [0.2, 0.25) is 0 Å². The number of nitro groups is 1. The standard InChI is InChI=1S/C9H10BN3O2/c1-2-6-9(13(14)15)7-4-3-5-8(10)12(7)11-6/h3-5H,2,10H2,1H3. The molecule has 2 aromatic rings. The largest absolute Gasteiger partial charge is 0.317 e. The Balaban J connectivity index is 2.86. The van der Waals surface area contributed by atoms with Gasteiger partial charge in [-0.25, -0.2) is 4.52 Å². The molecule has 6 heteroatoms. The normalized spacial score (nSPS) is 10.7. The van der Waals surface area contributed by atoms with Crippen LogP contribution in [0, 0.1) is 10.1 Å². The van der Waals surface area contributed by atoms with Crippen LogP contribution in [0.15, 0.2) is 18.2 Å². The molecule has 0 saturated carbocycles. The summed E-state index contributed by atoms with van der Waals surface area (Å²) < 4.78 is 1.62. The van der Waals surface area contributed by atoms with Crippen molar-refractivity contribution in [2.75, 3.05) is 0 Å². The molecule has 15 heavy (non-hydrogen) atoms. The smallest absolute Gasteiger partial charge is 0.258 e. The van der Waals surface area contributed by atoms with E-state index in [0.717, 1.165) is 5.59 Å². The van der Waals surface area contributed by atoms with E-state index >= 15 is 0 Å². The molecule has 2 rings (SSSR count). The molecule has 0 fully saturated rings. The average Bonchev–Trinajstić information content (AvgIpc) is 2.57. The minimum Gasteiger partial charge on any atom is -0.258 e. The predicted molar refractivity (Wildman–Crippen MR) is 59.4 cm³/mol. The van der Waals surface area contributed by atoms with E-state index in [0.29, 0.717) is 17.6 Å². The SMILES string of the molecule is Bc1cccc2c([N+](=O)[O-])c(CC)nn12. The molecular weight excluding hydrogens is 193 g/mol. The Bertz CT molecular complexity index is 535. The molecule has 0 saturated heterocycles. The average molecular weight is 203 g/mol. The van der Waals surface area contributed by atoms with E-state index in [4.69, 9.17) is 0 Å². The van der Waals surface area contributed by atoms with Crippen LogP contribution in [0.4, 0.5) is 5.69 Å². The fourth-order valence-electron chi connectivity index (χ4n) is 1.67. The maximum absolute atomic E-state index is 10.9. The Hall–Kier alpha value is -1.85. The molecule has 0 bridgehead atoms. The summed E-state index contributed by atoms with van der Waals surface area (Å²) in [7, 11) is 1.88. The fraction of sp³-hybridized carbons (Fsp3) is 0.222. The van der Waals surface area contributed by atoms with Gasteiger partial charge in [-0.3, -0.25) is 10.1 Å². The third-order valence-corrected chi connectivity index (χ3v) is 2.41. The number of hydrogen-bond donors (Lipinski definition) is 0. The minimum absolute atomic E-state index is 0.126. The summed E-state index contributed by atoms with van der Waals surface area (Å²) in [6, 6.07) is 5.40. The van der Waals surface area contributed by atoms with Gasteiger partial charge in [-0.2, -0.15) is 5.10 Å². The zero-order chi connectivity index (χ0) is 11.0. The maximum atomic E-state index is 10.9. The molecule has 0 amide bonds. The van der Waals surface area contributed by atoms with Gasteiger partial charge in [0.1, 0.15) is 11.2 Å². The molecule has 5 nitrogen and oxygen atoms in total. The van der Waals surface area contributed by atoms with Crippen LogP contribution >= 0.6 is 0 Å². The van der Waals surface area contributed by atoms with Crippen LogP contribution in [0.5, 0.6) is 0 Å². The van der Waals surface area contributed by atoms with E-state index in [1.54, 1.807) is 16.6 Å². The lowest BCUT2D eigenvalue weighted by molar-refractivity contribution is -0.383. The van der Waals surface area contributed by atoms with Crippen molar-refractivity contribution in [2.24, 2.45) is 0 Å². The van der Waals surface area contributed by atoms with Crippen molar-refractivity contribution in [2.45, 2.75) is 13.3 Å². The molecule has 2 aromatic heterocycles. The van der Waals surface area contributed by atoms with E-state index in [1.807, 2.05) is 20.8 Å². The molecule has 0 unspecified atom stereocenters. The van der Waals surface area contributed by atoms with Crippen molar-refractivity contribution >= 4 is 24.6 Å². The van der Waals surface area contributed by atoms with Crippen molar-refractivity contribution < 1.29 is 4.92 Å². The van der Waals surface area contributed by atoms with Crippen molar-refractivity contribution in [3.8, 4) is 0 Å². The van der Waals surface area contributed by atoms with Crippen LogP contribution in [0.1, 0.15) is 12.6 Å². The Morgan fingerprint density at radius 3 is 2.93 bits per heavy atom. The number of aryl methyl sites for hydroxylation is 1. The second-order valence-electron chi connectivity index (χ2n) is 3.37. The molecule has 0 N–H and O–H groups in total. The van der Waals surface area contributed by atoms with Gasteiger partial charge in [-0.15, -0.1) is 0 Å². The Kier molecular flexibility index (Phi) is 2.19. The van der Waals surface area contributed by atoms with Crippen LogP contribution in [-0.4, -0.2) is 22.4 Å². The monoisotopic (exact) mass is 203 g/mol. The lowest BCUT2D eigenvalue weighted by Gasteiger charge is -1.95. The molecular formula is C9H10BN3O2. The Labute approximate surface area is 87.3 Å². The summed E-state index contributed by atoms with van der Waals surface area (Å²) in [4.78, 5) is 10.6. The summed E-state index contributed by atoms with van der Waals surface area (Å²) >= 11 is 0. The summed E-state index contributed by atoms with van der Waals surface area (Å²) in [6.45, 7) is 1.87. The van der Waals surface area contributed by atoms with Gasteiger partial charge < -0.3 is 0 Å². The van der Waals surface area contributed by atoms with Crippen LogP contribution in [0.25, 0.3) is 5.52 Å². The highest BCUT2D eigenvalue weighted by Gasteiger charge is 2.21. The quantitative estimate of drug-likeness (QED) is 0.394. The first-order chi connectivity index (χ1) is 7.15. The maximum Gasteiger partial charge on any atom is 0.317 e. The minimum atomic E-state index is -0.361. The number of rotatable bonds is 2. The van der Waals surface area contributed by atoms with Crippen molar-refractivity contribution in [1.29, 1.82) is 0 Å². The van der Waals surface area contributed by atoms with Crippen LogP contribution in [-0.2, 0) is 6.42 Å². The third-order valence-electron chi connectivity index (χ3n) is 2.41. The van der Waals surface area contributed by atoms with E-state index in [-0.39, 0.29) is 10.6 Å². The molecule has 0 aliphatic carbocycles. The summed E-state index contributed by atoms with van der Waals surface area (Å²) in [5.41, 5.74) is 2.13. The number of pyridine rings is 1. The van der Waals surface area contributed by atoms with Gasteiger partial charge in [-0.1, -0.05) is 19.1 Å². The molecule has 76 valence electrons. The second-order valence-corrected chi connectivity index (χ2v) is 3.37. The number of hydrogen-bond acceptors (Lipinski definition) is 3.